The van der Waals surface area contributed by atoms with E-state index in [2.05, 4.69) is 5.32 Å². The van der Waals surface area contributed by atoms with Crippen molar-refractivity contribution in [3.05, 3.63) is 105 Å². The average molecular weight is 441 g/mol. The highest BCUT2D eigenvalue weighted by Crippen LogP contribution is 2.49. The van der Waals surface area contributed by atoms with E-state index in [1.54, 1.807) is 24.3 Å². The van der Waals surface area contributed by atoms with Crippen LogP contribution in [0.3, 0.4) is 0 Å². The van der Waals surface area contributed by atoms with Crippen LogP contribution in [0.5, 0.6) is 0 Å². The minimum Gasteiger partial charge on any atom is -0.510 e. The van der Waals surface area contributed by atoms with Gasteiger partial charge in [-0.25, -0.2) is 0 Å². The molecule has 166 valence electrons. The van der Waals surface area contributed by atoms with E-state index in [-0.39, 0.29) is 22.8 Å². The summed E-state index contributed by atoms with van der Waals surface area (Å²) in [7, 11) is 1.87. The number of nitrogens with one attached hydrogen (secondary N) is 1. The van der Waals surface area contributed by atoms with Crippen molar-refractivity contribution in [1.29, 1.82) is 0 Å². The quantitative estimate of drug-likeness (QED) is 0.500. The summed E-state index contributed by atoms with van der Waals surface area (Å²) in [6, 6.07) is 12.6. The van der Waals surface area contributed by atoms with Gasteiger partial charge in [0.1, 0.15) is 11.7 Å². The smallest absolute Gasteiger partial charge is 0.269 e. The number of benzene rings is 2. The summed E-state index contributed by atoms with van der Waals surface area (Å²) in [5.41, 5.74) is 4.98. The molecule has 2 heterocycles. The Labute approximate surface area is 191 Å². The van der Waals surface area contributed by atoms with Gasteiger partial charge >= 0.3 is 0 Å². The third kappa shape index (κ3) is 3.16. The summed E-state index contributed by atoms with van der Waals surface area (Å²) in [5, 5.41) is 25.2. The normalized spacial score (nSPS) is 22.8. The van der Waals surface area contributed by atoms with Crippen molar-refractivity contribution in [2.45, 2.75) is 19.3 Å². The first-order chi connectivity index (χ1) is 15.7. The van der Waals surface area contributed by atoms with E-state index in [0.29, 0.717) is 0 Å². The first-order valence-electron chi connectivity index (χ1n) is 10.7. The Balaban J connectivity index is 1.45. The number of anilines is 2. The number of nitro benzene ring substituents is 1. The molecule has 1 unspecified atom stereocenters. The molecule has 0 saturated carbocycles. The third-order valence-corrected chi connectivity index (χ3v) is 6.65. The van der Waals surface area contributed by atoms with E-state index in [4.69, 9.17) is 0 Å². The Morgan fingerprint density at radius 3 is 2.67 bits per heavy atom. The van der Waals surface area contributed by atoms with Gasteiger partial charge in [-0.05, 0) is 41.5 Å². The van der Waals surface area contributed by atoms with Crippen LogP contribution in [-0.2, 0) is 10.2 Å². The van der Waals surface area contributed by atoms with E-state index in [1.165, 1.54) is 6.07 Å². The molecule has 2 N–H and O–H groups in total. The zero-order valence-electron chi connectivity index (χ0n) is 18.5. The molecule has 0 amide bonds. The summed E-state index contributed by atoms with van der Waals surface area (Å²) in [5.74, 6) is -0.870. The number of aliphatic hydroxyl groups is 1. The molecule has 2 aromatic rings. The van der Waals surface area contributed by atoms with Crippen molar-refractivity contribution >= 4 is 28.9 Å². The Hall–Kier alpha value is -4.13. The molecule has 1 aliphatic carbocycles. The number of hydrogen-bond acceptors (Lipinski definition) is 6. The molecular weight excluding hydrogens is 418 g/mol. The maximum absolute atomic E-state index is 12.9. The minimum absolute atomic E-state index is 0.0280. The molecule has 0 radical (unpaired) electrons. The molecule has 33 heavy (non-hydrogen) atoms. The first-order valence-corrected chi connectivity index (χ1v) is 10.7. The summed E-state index contributed by atoms with van der Waals surface area (Å²) in [6.07, 6.45) is 7.27. The maximum Gasteiger partial charge on any atom is 0.269 e. The van der Waals surface area contributed by atoms with Gasteiger partial charge in [0.05, 0.1) is 10.5 Å². The SMILES string of the molecule is CN1/C(=C/C2C(=O)C(/C=C3\C=Cc4ccccc4N3)=C2O)C(C)(C)c2cc([N+](=O)[O-])ccc21. The highest BCUT2D eigenvalue weighted by molar-refractivity contribution is 6.10. The topological polar surface area (TPSA) is 95.7 Å². The zero-order chi connectivity index (χ0) is 23.5. The van der Waals surface area contributed by atoms with Gasteiger partial charge in [0.2, 0.25) is 0 Å². The fraction of sp³-hybridized carbons (Fsp3) is 0.192. The lowest BCUT2D eigenvalue weighted by Gasteiger charge is -2.30. The monoisotopic (exact) mass is 441 g/mol. The molecule has 7 heteroatoms. The molecule has 0 fully saturated rings. The summed E-state index contributed by atoms with van der Waals surface area (Å²) in [4.78, 5) is 25.7. The van der Waals surface area contributed by atoms with Gasteiger partial charge in [-0.2, -0.15) is 0 Å². The molecule has 5 rings (SSSR count). The van der Waals surface area contributed by atoms with E-state index in [0.717, 1.165) is 33.9 Å². The van der Waals surface area contributed by atoms with Gasteiger partial charge < -0.3 is 15.3 Å². The summed E-state index contributed by atoms with van der Waals surface area (Å²) >= 11 is 0. The lowest BCUT2D eigenvalue weighted by Crippen LogP contribution is -2.32. The van der Waals surface area contributed by atoms with Gasteiger partial charge in [-0.1, -0.05) is 38.1 Å². The Morgan fingerprint density at radius 2 is 1.94 bits per heavy atom. The Morgan fingerprint density at radius 1 is 1.18 bits per heavy atom. The van der Waals surface area contributed by atoms with Crippen molar-refractivity contribution in [2.75, 3.05) is 17.3 Å². The van der Waals surface area contributed by atoms with Crippen LogP contribution in [0.1, 0.15) is 25.0 Å². The van der Waals surface area contributed by atoms with Crippen LogP contribution in [0.2, 0.25) is 0 Å². The second-order valence-electron chi connectivity index (χ2n) is 8.98. The number of rotatable bonds is 3. The fourth-order valence-corrected chi connectivity index (χ4v) is 4.78. The second kappa shape index (κ2) is 7.20. The molecule has 0 aromatic heterocycles. The van der Waals surface area contributed by atoms with Crippen LogP contribution in [0.15, 0.2) is 83.4 Å². The number of carbonyl (C=O) groups excluding carboxylic acids is 1. The van der Waals surface area contributed by atoms with Crippen LogP contribution in [0.4, 0.5) is 17.1 Å². The van der Waals surface area contributed by atoms with Crippen LogP contribution in [0.25, 0.3) is 6.08 Å². The number of Topliss-reactive ketones (excluding diaryl/α,β-unsaturated/α-hetero) is 1. The van der Waals surface area contributed by atoms with Gasteiger partial charge in [-0.15, -0.1) is 0 Å². The highest BCUT2D eigenvalue weighted by atomic mass is 16.6. The molecule has 0 spiro atoms. The van der Waals surface area contributed by atoms with Crippen molar-refractivity contribution in [1.82, 2.24) is 0 Å². The Bertz CT molecular complexity index is 1350. The lowest BCUT2D eigenvalue weighted by molar-refractivity contribution is -0.384. The number of likely N-dealkylation sites (N-methyl/N-ethyl adjacent to an activating group) is 1. The van der Waals surface area contributed by atoms with Crippen molar-refractivity contribution in [2.24, 2.45) is 5.92 Å². The number of para-hydroxylation sites is 1. The van der Waals surface area contributed by atoms with E-state index in [9.17, 15) is 20.0 Å². The molecule has 1 atom stereocenters. The molecule has 3 aliphatic rings. The standard InChI is InChI=1S/C26H23N3O4/c1-26(2)20-13-17(29(32)33)10-11-22(20)28(3)23(26)14-19-24(30)18(25(19)31)12-16-9-8-15-6-4-5-7-21(15)27-16/h4-14,19,27,30H,1-3H3/b16-12+,23-14+. The van der Waals surface area contributed by atoms with Crippen LogP contribution in [0, 0.1) is 16.0 Å². The number of nitro groups is 1. The number of carbonyl (C=O) groups is 1. The molecule has 7 nitrogen and oxygen atoms in total. The summed E-state index contributed by atoms with van der Waals surface area (Å²) in [6.45, 7) is 3.93. The Kier molecular flexibility index (Phi) is 4.53. The van der Waals surface area contributed by atoms with E-state index < -0.39 is 16.3 Å². The lowest BCUT2D eigenvalue weighted by atomic mass is 9.77. The number of aliphatic hydroxyl groups excluding tert-OH is 1. The average Bonchev–Trinajstić information content (AvgIpc) is 3.00. The van der Waals surface area contributed by atoms with Gasteiger partial charge in [-0.3, -0.25) is 14.9 Å². The van der Waals surface area contributed by atoms with Crippen molar-refractivity contribution < 1.29 is 14.8 Å². The van der Waals surface area contributed by atoms with Gasteiger partial charge in [0.25, 0.3) is 5.69 Å². The molecule has 0 bridgehead atoms. The van der Waals surface area contributed by atoms with Crippen molar-refractivity contribution in [3.8, 4) is 0 Å². The van der Waals surface area contributed by atoms with E-state index in [1.807, 2.05) is 62.2 Å². The molecule has 0 saturated heterocycles. The maximum atomic E-state index is 12.9. The largest absolute Gasteiger partial charge is 0.510 e. The number of fused-ring (bicyclic) bond motifs is 2. The fourth-order valence-electron chi connectivity index (χ4n) is 4.78. The molecule has 2 aromatic carbocycles. The highest BCUT2D eigenvalue weighted by Gasteiger charge is 2.43. The van der Waals surface area contributed by atoms with Crippen molar-refractivity contribution in [3.63, 3.8) is 0 Å². The second-order valence-corrected chi connectivity index (χ2v) is 8.98. The van der Waals surface area contributed by atoms with Gasteiger partial charge in [0, 0.05) is 47.4 Å². The van der Waals surface area contributed by atoms with Crippen LogP contribution >= 0.6 is 0 Å². The number of hydrogen-bond donors (Lipinski definition) is 2. The number of non-ortho nitro benzene ring substituents is 1. The number of nitrogens with zero attached hydrogens (tertiary/aromatic N) is 2. The molecular formula is C26H23N3O4. The first kappa shape index (κ1) is 20.8. The number of ketones is 1. The molecule has 2 aliphatic heterocycles. The minimum atomic E-state index is -0.738. The predicted octanol–water partition coefficient (Wildman–Crippen LogP) is 5.24. The third-order valence-electron chi connectivity index (χ3n) is 6.65. The van der Waals surface area contributed by atoms with Crippen LogP contribution < -0.4 is 10.2 Å². The number of allylic oxidation sites excluding steroid dienone is 5. The predicted molar refractivity (Wildman–Crippen MR) is 128 cm³/mol. The summed E-state index contributed by atoms with van der Waals surface area (Å²) < 4.78 is 0. The van der Waals surface area contributed by atoms with Gasteiger partial charge in [0.15, 0.2) is 5.78 Å². The van der Waals surface area contributed by atoms with Crippen LogP contribution in [-0.4, -0.2) is 22.9 Å². The van der Waals surface area contributed by atoms with E-state index >= 15 is 0 Å². The zero-order valence-corrected chi connectivity index (χ0v) is 18.5.